The summed E-state index contributed by atoms with van der Waals surface area (Å²) in [6, 6.07) is 11.9. The van der Waals surface area contributed by atoms with Gasteiger partial charge in [0.25, 0.3) is 5.91 Å². The molecular formula is C16H16N2O2S2. The number of aliphatic imine (C=N–C) groups is 1. The van der Waals surface area contributed by atoms with Crippen molar-refractivity contribution in [2.75, 3.05) is 18.9 Å². The summed E-state index contributed by atoms with van der Waals surface area (Å²) in [5, 5.41) is 3.56. The van der Waals surface area contributed by atoms with Crippen LogP contribution in [0.3, 0.4) is 0 Å². The molecule has 0 fully saturated rings. The van der Waals surface area contributed by atoms with E-state index in [1.165, 1.54) is 11.3 Å². The van der Waals surface area contributed by atoms with Crippen LogP contribution in [0.2, 0.25) is 0 Å². The van der Waals surface area contributed by atoms with Crippen LogP contribution in [0.5, 0.6) is 5.75 Å². The molecule has 1 N–H and O–H groups in total. The minimum atomic E-state index is -0.149. The molecule has 0 saturated carbocycles. The highest BCUT2D eigenvalue weighted by molar-refractivity contribution is 8.14. The Kier molecular flexibility index (Phi) is 4.80. The molecule has 6 heteroatoms. The van der Waals surface area contributed by atoms with Crippen LogP contribution in [0.4, 0.5) is 0 Å². The Morgan fingerprint density at radius 3 is 2.86 bits per heavy atom. The van der Waals surface area contributed by atoms with Crippen LogP contribution in [0.15, 0.2) is 41.4 Å². The molecule has 1 aromatic heterocycles. The van der Waals surface area contributed by atoms with E-state index in [0.717, 1.165) is 22.7 Å². The van der Waals surface area contributed by atoms with Crippen molar-refractivity contribution in [2.24, 2.45) is 4.99 Å². The van der Waals surface area contributed by atoms with Crippen LogP contribution < -0.4 is 10.1 Å². The van der Waals surface area contributed by atoms with Gasteiger partial charge in [0.15, 0.2) is 5.17 Å². The molecule has 0 bridgehead atoms. The first-order valence-corrected chi connectivity index (χ1v) is 8.89. The Morgan fingerprint density at radius 2 is 2.18 bits per heavy atom. The fraction of sp³-hybridized carbons (Fsp3) is 0.250. The molecule has 2 aromatic rings. The predicted molar refractivity (Wildman–Crippen MR) is 93.2 cm³/mol. The second-order valence-electron chi connectivity index (χ2n) is 4.59. The molecule has 3 rings (SSSR count). The van der Waals surface area contributed by atoms with E-state index < -0.39 is 0 Å². The number of carbonyl (C=O) groups is 1. The van der Waals surface area contributed by atoms with E-state index in [2.05, 4.69) is 10.3 Å². The highest BCUT2D eigenvalue weighted by atomic mass is 32.2. The number of thioether (sulfide) groups is 1. The smallest absolute Gasteiger partial charge is 0.271 e. The fourth-order valence-electron chi connectivity index (χ4n) is 2.10. The molecule has 0 radical (unpaired) electrons. The van der Waals surface area contributed by atoms with Gasteiger partial charge in [-0.15, -0.1) is 11.3 Å². The van der Waals surface area contributed by atoms with Crippen molar-refractivity contribution in [1.82, 2.24) is 5.32 Å². The number of amides is 1. The van der Waals surface area contributed by atoms with Crippen LogP contribution in [0.1, 0.15) is 16.6 Å². The standard InChI is InChI=1S/C16H16N2O2S2/c1-2-20-12-10-13(11-6-4-3-5-7-11)22-14(12)15(19)18-16-17-8-9-21-16/h3-7,10H,2,8-9H2,1H3,(H,17,18,19). The number of hydrogen-bond donors (Lipinski definition) is 1. The Balaban J connectivity index is 1.88. The van der Waals surface area contributed by atoms with Gasteiger partial charge < -0.3 is 10.1 Å². The molecule has 0 saturated heterocycles. The Bertz CT molecular complexity index is 695. The van der Waals surface area contributed by atoms with E-state index in [1.807, 2.05) is 43.3 Å². The zero-order valence-electron chi connectivity index (χ0n) is 12.2. The van der Waals surface area contributed by atoms with Crippen molar-refractivity contribution in [1.29, 1.82) is 0 Å². The van der Waals surface area contributed by atoms with Crippen LogP contribution in [-0.2, 0) is 0 Å². The first-order valence-electron chi connectivity index (χ1n) is 7.08. The molecule has 114 valence electrons. The van der Waals surface area contributed by atoms with Gasteiger partial charge in [0.05, 0.1) is 13.2 Å². The van der Waals surface area contributed by atoms with E-state index in [4.69, 9.17) is 4.74 Å². The Labute approximate surface area is 137 Å². The second-order valence-corrected chi connectivity index (χ2v) is 6.73. The summed E-state index contributed by atoms with van der Waals surface area (Å²) in [5.41, 5.74) is 1.08. The van der Waals surface area contributed by atoms with Crippen LogP contribution in [0.25, 0.3) is 10.4 Å². The van der Waals surface area contributed by atoms with E-state index >= 15 is 0 Å². The van der Waals surface area contributed by atoms with Gasteiger partial charge in [0, 0.05) is 10.6 Å². The SMILES string of the molecule is CCOc1cc(-c2ccccc2)sc1C(=O)NC1=NCCS1. The summed E-state index contributed by atoms with van der Waals surface area (Å²) in [6.45, 7) is 3.21. The van der Waals surface area contributed by atoms with Crippen molar-refractivity contribution in [3.8, 4) is 16.2 Å². The molecule has 1 aliphatic rings. The Morgan fingerprint density at radius 1 is 1.36 bits per heavy atom. The molecule has 0 atom stereocenters. The number of benzene rings is 1. The predicted octanol–water partition coefficient (Wildman–Crippen LogP) is 3.65. The van der Waals surface area contributed by atoms with Crippen LogP contribution in [0, 0.1) is 0 Å². The van der Waals surface area contributed by atoms with Gasteiger partial charge in [-0.3, -0.25) is 9.79 Å². The number of thiophene rings is 1. The highest BCUT2D eigenvalue weighted by Crippen LogP contribution is 2.36. The average Bonchev–Trinajstić information content (AvgIpc) is 3.18. The van der Waals surface area contributed by atoms with Crippen molar-refractivity contribution in [3.63, 3.8) is 0 Å². The fourth-order valence-corrected chi connectivity index (χ4v) is 3.83. The summed E-state index contributed by atoms with van der Waals surface area (Å²) in [4.78, 5) is 18.3. The first kappa shape index (κ1) is 15.1. The van der Waals surface area contributed by atoms with Gasteiger partial charge in [-0.2, -0.15) is 0 Å². The van der Waals surface area contributed by atoms with E-state index in [0.29, 0.717) is 22.4 Å². The summed E-state index contributed by atoms with van der Waals surface area (Å²) < 4.78 is 5.63. The quantitative estimate of drug-likeness (QED) is 0.930. The summed E-state index contributed by atoms with van der Waals surface area (Å²) >= 11 is 3.01. The third-order valence-corrected chi connectivity index (χ3v) is 5.12. The summed E-state index contributed by atoms with van der Waals surface area (Å²) in [5.74, 6) is 1.41. The third kappa shape index (κ3) is 3.34. The Hall–Kier alpha value is -1.79. The number of ether oxygens (including phenoxy) is 1. The maximum Gasteiger partial charge on any atom is 0.271 e. The lowest BCUT2D eigenvalue weighted by Gasteiger charge is -2.05. The lowest BCUT2D eigenvalue weighted by atomic mass is 10.2. The number of hydrogen-bond acceptors (Lipinski definition) is 5. The van der Waals surface area contributed by atoms with Gasteiger partial charge in [-0.25, -0.2) is 0 Å². The van der Waals surface area contributed by atoms with Crippen LogP contribution in [-0.4, -0.2) is 30.0 Å². The molecule has 0 spiro atoms. The monoisotopic (exact) mass is 332 g/mol. The largest absolute Gasteiger partial charge is 0.492 e. The minimum Gasteiger partial charge on any atom is -0.492 e. The molecule has 1 aromatic carbocycles. The molecular weight excluding hydrogens is 316 g/mol. The third-order valence-electron chi connectivity index (χ3n) is 3.07. The van der Waals surface area contributed by atoms with Crippen molar-refractivity contribution >= 4 is 34.2 Å². The van der Waals surface area contributed by atoms with Crippen molar-refractivity contribution in [3.05, 3.63) is 41.3 Å². The zero-order chi connectivity index (χ0) is 15.4. The molecule has 4 nitrogen and oxygen atoms in total. The zero-order valence-corrected chi connectivity index (χ0v) is 13.8. The van der Waals surface area contributed by atoms with E-state index in [-0.39, 0.29) is 5.91 Å². The van der Waals surface area contributed by atoms with Gasteiger partial charge in [-0.05, 0) is 18.6 Å². The number of rotatable bonds is 4. The molecule has 1 amide bonds. The molecule has 2 heterocycles. The number of nitrogens with one attached hydrogen (secondary N) is 1. The van der Waals surface area contributed by atoms with Gasteiger partial charge >= 0.3 is 0 Å². The number of carbonyl (C=O) groups excluding carboxylic acids is 1. The average molecular weight is 332 g/mol. The van der Waals surface area contributed by atoms with Gasteiger partial charge in [0.2, 0.25) is 0 Å². The van der Waals surface area contributed by atoms with Crippen LogP contribution >= 0.6 is 23.1 Å². The molecule has 0 unspecified atom stereocenters. The maximum atomic E-state index is 12.5. The van der Waals surface area contributed by atoms with Crippen molar-refractivity contribution < 1.29 is 9.53 Å². The minimum absolute atomic E-state index is 0.149. The topological polar surface area (TPSA) is 50.7 Å². The normalized spacial score (nSPS) is 13.8. The van der Waals surface area contributed by atoms with Gasteiger partial charge in [-0.1, -0.05) is 42.1 Å². The molecule has 1 aliphatic heterocycles. The first-order chi connectivity index (χ1) is 10.8. The lowest BCUT2D eigenvalue weighted by molar-refractivity contribution is 0.0978. The molecule has 0 aliphatic carbocycles. The molecule has 22 heavy (non-hydrogen) atoms. The summed E-state index contributed by atoms with van der Waals surface area (Å²) in [7, 11) is 0. The van der Waals surface area contributed by atoms with E-state index in [1.54, 1.807) is 11.8 Å². The van der Waals surface area contributed by atoms with Crippen molar-refractivity contribution in [2.45, 2.75) is 6.92 Å². The van der Waals surface area contributed by atoms with Gasteiger partial charge in [0.1, 0.15) is 10.6 Å². The lowest BCUT2D eigenvalue weighted by Crippen LogP contribution is -2.26. The number of amidine groups is 1. The van der Waals surface area contributed by atoms with E-state index in [9.17, 15) is 4.79 Å². The second kappa shape index (κ2) is 6.98. The maximum absolute atomic E-state index is 12.5. The summed E-state index contributed by atoms with van der Waals surface area (Å²) in [6.07, 6.45) is 0. The highest BCUT2D eigenvalue weighted by Gasteiger charge is 2.20. The number of nitrogens with zero attached hydrogens (tertiary/aromatic N) is 1.